The molecule has 1 aromatic rings. The molecule has 0 aromatic heterocycles. The van der Waals surface area contributed by atoms with Gasteiger partial charge in [0, 0.05) is 19.6 Å². The molecule has 2 rings (SSSR count). The van der Waals surface area contributed by atoms with Gasteiger partial charge in [0.1, 0.15) is 0 Å². The van der Waals surface area contributed by atoms with Crippen LogP contribution in [0.25, 0.3) is 0 Å². The van der Waals surface area contributed by atoms with Gasteiger partial charge in [-0.1, -0.05) is 6.07 Å². The lowest BCUT2D eigenvalue weighted by Crippen LogP contribution is -2.31. The van der Waals surface area contributed by atoms with Crippen LogP contribution >= 0.6 is 0 Å². The summed E-state index contributed by atoms with van der Waals surface area (Å²) in [5.74, 6) is -0.224. The number of carbonyl (C=O) groups excluding carboxylic acids is 1. The number of hydrogen-bond donors (Lipinski definition) is 1. The quantitative estimate of drug-likeness (QED) is 0.885. The van der Waals surface area contributed by atoms with Crippen LogP contribution in [0.5, 0.6) is 0 Å². The van der Waals surface area contributed by atoms with Crippen molar-refractivity contribution in [2.45, 2.75) is 37.5 Å². The Bertz CT molecular complexity index is 716. The fraction of sp³-hybridized carbons (Fsp3) is 0.500. The minimum atomic E-state index is -3.96. The third-order valence-electron chi connectivity index (χ3n) is 3.89. The van der Waals surface area contributed by atoms with Gasteiger partial charge in [-0.3, -0.25) is 4.79 Å². The Morgan fingerprint density at radius 2 is 2.26 bits per heavy atom. The van der Waals surface area contributed by atoms with Crippen LogP contribution in [0.2, 0.25) is 0 Å². The molecule has 1 fully saturated rings. The Morgan fingerprint density at radius 3 is 2.91 bits per heavy atom. The van der Waals surface area contributed by atoms with E-state index in [2.05, 4.69) is 4.72 Å². The van der Waals surface area contributed by atoms with Crippen LogP contribution in [0.1, 0.15) is 36.8 Å². The monoisotopic (exact) mass is 336 g/mol. The van der Waals surface area contributed by atoms with Crippen LogP contribution in [0.3, 0.4) is 0 Å². The average molecular weight is 336 g/mol. The molecule has 1 aliphatic rings. The molecule has 7 heteroatoms. The first-order chi connectivity index (χ1) is 10.9. The molecule has 0 radical (unpaired) electrons. The third-order valence-corrected chi connectivity index (χ3v) is 5.40. The Morgan fingerprint density at radius 1 is 1.48 bits per heavy atom. The first-order valence-electron chi connectivity index (χ1n) is 7.56. The number of benzene rings is 1. The summed E-state index contributed by atoms with van der Waals surface area (Å²) < 4.78 is 32.1. The second kappa shape index (κ2) is 7.57. The SMILES string of the molecule is Cc1ccc(C#N)cc1S(=O)(=O)NC(=O)CC[C@H]1CCCOC1. The number of rotatable bonds is 5. The van der Waals surface area contributed by atoms with Crippen molar-refractivity contribution in [1.29, 1.82) is 5.26 Å². The normalized spacial score (nSPS) is 18.2. The zero-order valence-corrected chi connectivity index (χ0v) is 13.9. The van der Waals surface area contributed by atoms with Gasteiger partial charge in [-0.05, 0) is 49.8 Å². The fourth-order valence-corrected chi connectivity index (χ4v) is 3.87. The number of amides is 1. The maximum atomic E-state index is 12.3. The third kappa shape index (κ3) is 4.78. The molecule has 1 heterocycles. The molecular formula is C16H20N2O4S. The summed E-state index contributed by atoms with van der Waals surface area (Å²) in [4.78, 5) is 11.9. The van der Waals surface area contributed by atoms with Crippen LogP contribution < -0.4 is 4.72 Å². The molecule has 1 atom stereocenters. The number of carbonyl (C=O) groups is 1. The van der Waals surface area contributed by atoms with Gasteiger partial charge in [-0.2, -0.15) is 5.26 Å². The number of aryl methyl sites for hydroxylation is 1. The van der Waals surface area contributed by atoms with E-state index < -0.39 is 15.9 Å². The lowest BCUT2D eigenvalue weighted by Gasteiger charge is -2.21. The summed E-state index contributed by atoms with van der Waals surface area (Å²) in [6.07, 6.45) is 2.73. The van der Waals surface area contributed by atoms with Crippen LogP contribution in [0.15, 0.2) is 23.1 Å². The van der Waals surface area contributed by atoms with Gasteiger partial charge in [0.2, 0.25) is 5.91 Å². The Kier molecular flexibility index (Phi) is 5.74. The molecule has 1 N–H and O–H groups in total. The Hall–Kier alpha value is -1.91. The number of nitrogens with zero attached hydrogens (tertiary/aromatic N) is 1. The van der Waals surface area contributed by atoms with E-state index in [1.807, 2.05) is 6.07 Å². The standard InChI is InChI=1S/C16H20N2O4S/c1-12-4-5-14(10-17)9-15(12)23(20,21)18-16(19)7-6-13-3-2-8-22-11-13/h4-5,9,13H,2-3,6-8,11H2,1H3,(H,18,19)/t13-/m1/s1. The van der Waals surface area contributed by atoms with Gasteiger partial charge in [0.25, 0.3) is 10.0 Å². The van der Waals surface area contributed by atoms with E-state index >= 15 is 0 Å². The number of ether oxygens (including phenoxy) is 1. The van der Waals surface area contributed by atoms with Gasteiger partial charge < -0.3 is 4.74 Å². The van der Waals surface area contributed by atoms with Gasteiger partial charge in [0.15, 0.2) is 0 Å². The summed E-state index contributed by atoms with van der Waals surface area (Å²) in [7, 11) is -3.96. The van der Waals surface area contributed by atoms with Crippen LogP contribution in [0, 0.1) is 24.2 Å². The molecular weight excluding hydrogens is 316 g/mol. The van der Waals surface area contributed by atoms with Crippen molar-refractivity contribution in [2.24, 2.45) is 5.92 Å². The highest BCUT2D eigenvalue weighted by Crippen LogP contribution is 2.20. The average Bonchev–Trinajstić information content (AvgIpc) is 2.54. The maximum Gasteiger partial charge on any atom is 0.264 e. The molecule has 124 valence electrons. The predicted octanol–water partition coefficient (Wildman–Crippen LogP) is 1.88. The van der Waals surface area contributed by atoms with E-state index in [1.54, 1.807) is 19.1 Å². The molecule has 6 nitrogen and oxygen atoms in total. The molecule has 0 aliphatic carbocycles. The summed E-state index contributed by atoms with van der Waals surface area (Å²) in [5, 5.41) is 8.88. The van der Waals surface area contributed by atoms with E-state index in [4.69, 9.17) is 10.00 Å². The van der Waals surface area contributed by atoms with Crippen molar-refractivity contribution in [2.75, 3.05) is 13.2 Å². The van der Waals surface area contributed by atoms with E-state index in [9.17, 15) is 13.2 Å². The number of nitriles is 1. The molecule has 0 saturated carbocycles. The van der Waals surface area contributed by atoms with Crippen LogP contribution in [-0.2, 0) is 19.6 Å². The molecule has 1 amide bonds. The van der Waals surface area contributed by atoms with Crippen molar-refractivity contribution >= 4 is 15.9 Å². The van der Waals surface area contributed by atoms with Crippen molar-refractivity contribution in [3.8, 4) is 6.07 Å². The summed E-state index contributed by atoms with van der Waals surface area (Å²) in [6, 6.07) is 6.27. The predicted molar refractivity (Wildman–Crippen MR) is 84.0 cm³/mol. The van der Waals surface area contributed by atoms with E-state index in [1.165, 1.54) is 6.07 Å². The first kappa shape index (κ1) is 17.4. The zero-order chi connectivity index (χ0) is 16.9. The largest absolute Gasteiger partial charge is 0.381 e. The number of nitrogens with one attached hydrogen (secondary N) is 1. The van der Waals surface area contributed by atoms with Crippen molar-refractivity contribution in [1.82, 2.24) is 4.72 Å². The zero-order valence-electron chi connectivity index (χ0n) is 13.0. The highest BCUT2D eigenvalue weighted by atomic mass is 32.2. The van der Waals surface area contributed by atoms with Gasteiger partial charge in [0.05, 0.1) is 16.5 Å². The molecule has 1 aromatic carbocycles. The Balaban J connectivity index is 2.00. The summed E-state index contributed by atoms with van der Waals surface area (Å²) in [5.41, 5.74) is 0.729. The van der Waals surface area contributed by atoms with Crippen LogP contribution in [-0.4, -0.2) is 27.5 Å². The van der Waals surface area contributed by atoms with Crippen LogP contribution in [0.4, 0.5) is 0 Å². The Labute approximate surface area is 136 Å². The fourth-order valence-electron chi connectivity index (χ4n) is 2.59. The maximum absolute atomic E-state index is 12.3. The lowest BCUT2D eigenvalue weighted by atomic mass is 9.97. The molecule has 0 bridgehead atoms. The first-order valence-corrected chi connectivity index (χ1v) is 9.05. The summed E-state index contributed by atoms with van der Waals surface area (Å²) >= 11 is 0. The molecule has 1 aliphatic heterocycles. The van der Waals surface area contributed by atoms with Crippen molar-refractivity contribution in [3.63, 3.8) is 0 Å². The lowest BCUT2D eigenvalue weighted by molar-refractivity contribution is -0.119. The molecule has 0 spiro atoms. The molecule has 23 heavy (non-hydrogen) atoms. The second-order valence-corrected chi connectivity index (χ2v) is 7.39. The van der Waals surface area contributed by atoms with E-state index in [0.717, 1.165) is 19.4 Å². The highest BCUT2D eigenvalue weighted by molar-refractivity contribution is 7.90. The van der Waals surface area contributed by atoms with Gasteiger partial charge >= 0.3 is 0 Å². The van der Waals surface area contributed by atoms with E-state index in [0.29, 0.717) is 24.5 Å². The summed E-state index contributed by atoms with van der Waals surface area (Å²) in [6.45, 7) is 3.01. The van der Waals surface area contributed by atoms with Crippen molar-refractivity contribution in [3.05, 3.63) is 29.3 Å². The minimum absolute atomic E-state index is 0.0362. The second-order valence-electron chi connectivity index (χ2n) is 5.74. The van der Waals surface area contributed by atoms with Gasteiger partial charge in [-0.25, -0.2) is 13.1 Å². The number of sulfonamides is 1. The highest BCUT2D eigenvalue weighted by Gasteiger charge is 2.22. The van der Waals surface area contributed by atoms with Gasteiger partial charge in [-0.15, -0.1) is 0 Å². The van der Waals surface area contributed by atoms with Crippen molar-refractivity contribution < 1.29 is 17.9 Å². The number of hydrogen-bond acceptors (Lipinski definition) is 5. The molecule has 0 unspecified atom stereocenters. The van der Waals surface area contributed by atoms with E-state index in [-0.39, 0.29) is 16.9 Å². The smallest absolute Gasteiger partial charge is 0.264 e. The topological polar surface area (TPSA) is 96.3 Å². The minimum Gasteiger partial charge on any atom is -0.381 e. The molecule has 1 saturated heterocycles.